The van der Waals surface area contributed by atoms with Gasteiger partial charge in [0.25, 0.3) is 0 Å². The number of sulfone groups is 1. The third-order valence-electron chi connectivity index (χ3n) is 2.43. The molecular weight excluding hydrogens is 278 g/mol. The molecule has 9 heteroatoms. The van der Waals surface area contributed by atoms with E-state index in [2.05, 4.69) is 22.9 Å². The second kappa shape index (κ2) is 6.10. The number of hydrogen-bond donors (Lipinski definition) is 3. The number of carbonyl (C=O) groups excluding carboxylic acids is 2. The highest BCUT2D eigenvalue weighted by atomic mass is 32.2. The van der Waals surface area contributed by atoms with Gasteiger partial charge in [-0.25, -0.2) is 8.42 Å². The van der Waals surface area contributed by atoms with Crippen molar-refractivity contribution in [3.8, 4) is 0 Å². The van der Waals surface area contributed by atoms with Crippen molar-refractivity contribution in [1.29, 1.82) is 0 Å². The average Bonchev–Trinajstić information content (AvgIpc) is 2.24. The van der Waals surface area contributed by atoms with E-state index in [0.717, 1.165) is 0 Å². The Labute approximate surface area is 110 Å². The van der Waals surface area contributed by atoms with E-state index < -0.39 is 27.7 Å². The van der Waals surface area contributed by atoms with Crippen molar-refractivity contribution in [2.24, 2.45) is 5.73 Å². The first-order valence-corrected chi connectivity index (χ1v) is 7.60. The highest BCUT2D eigenvalue weighted by Gasteiger charge is 2.27. The Hall–Kier alpha value is -1.22. The zero-order valence-corrected chi connectivity index (χ0v) is 11.3. The van der Waals surface area contributed by atoms with Gasteiger partial charge < -0.3 is 16.4 Å². The smallest absolute Gasteiger partial charge is 0.309 e. The number of rotatable bonds is 3. The molecule has 0 aromatic carbocycles. The summed E-state index contributed by atoms with van der Waals surface area (Å²) in [5.74, 6) is -1.73. The lowest BCUT2D eigenvalue weighted by molar-refractivity contribution is -0.139. The van der Waals surface area contributed by atoms with Crippen LogP contribution in [0.2, 0.25) is 0 Å². The van der Waals surface area contributed by atoms with Crippen LogP contribution in [0.25, 0.3) is 0 Å². The first-order valence-electron chi connectivity index (χ1n) is 5.37. The predicted octanol–water partition coefficient (Wildman–Crippen LogP) is -1.92. The maximum Gasteiger partial charge on any atom is 0.309 e. The second-order valence-electron chi connectivity index (χ2n) is 4.08. The average molecular weight is 293 g/mol. The normalized spacial score (nSPS) is 21.9. The summed E-state index contributed by atoms with van der Waals surface area (Å²) in [6.45, 7) is -0.0649. The minimum atomic E-state index is -3.12. The Kier molecular flexibility index (Phi) is 5.03. The molecule has 0 aromatic heterocycles. The summed E-state index contributed by atoms with van der Waals surface area (Å²) in [6, 6.07) is -0.508. The molecule has 1 aliphatic rings. The van der Waals surface area contributed by atoms with E-state index in [1.807, 2.05) is 0 Å². The second-order valence-corrected chi connectivity index (χ2v) is 6.83. The molecule has 1 heterocycles. The first kappa shape index (κ1) is 14.8. The van der Waals surface area contributed by atoms with Crippen LogP contribution in [0.1, 0.15) is 12.8 Å². The molecule has 1 saturated heterocycles. The maximum atomic E-state index is 11.4. The van der Waals surface area contributed by atoms with Crippen molar-refractivity contribution < 1.29 is 18.0 Å². The molecule has 0 saturated carbocycles. The molecule has 4 N–H and O–H groups in total. The third-order valence-corrected chi connectivity index (χ3v) is 4.39. The van der Waals surface area contributed by atoms with Gasteiger partial charge in [-0.05, 0) is 12.8 Å². The zero-order valence-electron chi connectivity index (χ0n) is 9.64. The van der Waals surface area contributed by atoms with E-state index in [4.69, 9.17) is 5.73 Å². The molecular formula is C9H15N3O4S2. The minimum Gasteiger partial charge on any atom is -0.392 e. The van der Waals surface area contributed by atoms with Gasteiger partial charge in [-0.2, -0.15) is 0 Å². The van der Waals surface area contributed by atoms with E-state index in [9.17, 15) is 18.0 Å². The lowest BCUT2D eigenvalue weighted by atomic mass is 10.2. The maximum absolute atomic E-state index is 11.4. The summed E-state index contributed by atoms with van der Waals surface area (Å²) in [5, 5.41) is 4.61. The van der Waals surface area contributed by atoms with Crippen molar-refractivity contribution in [1.82, 2.24) is 10.6 Å². The van der Waals surface area contributed by atoms with Crippen molar-refractivity contribution in [3.05, 3.63) is 0 Å². The Morgan fingerprint density at radius 2 is 2.00 bits per heavy atom. The Morgan fingerprint density at radius 1 is 1.33 bits per heavy atom. The van der Waals surface area contributed by atoms with Crippen LogP contribution < -0.4 is 16.4 Å². The number of nitrogens with two attached hydrogens (primary N) is 1. The predicted molar refractivity (Wildman–Crippen MR) is 69.6 cm³/mol. The van der Waals surface area contributed by atoms with Gasteiger partial charge in [-0.3, -0.25) is 9.59 Å². The number of thiocarbonyl (C=S) groups is 1. The van der Waals surface area contributed by atoms with Crippen LogP contribution in [0.3, 0.4) is 0 Å². The monoisotopic (exact) mass is 293 g/mol. The van der Waals surface area contributed by atoms with Crippen LogP contribution in [0.5, 0.6) is 0 Å². The largest absolute Gasteiger partial charge is 0.392 e. The van der Waals surface area contributed by atoms with Crippen LogP contribution in [-0.2, 0) is 19.4 Å². The van der Waals surface area contributed by atoms with Crippen LogP contribution in [0, 0.1) is 0 Å². The van der Waals surface area contributed by atoms with Gasteiger partial charge in [-0.15, -0.1) is 0 Å². The fourth-order valence-electron chi connectivity index (χ4n) is 1.64. The highest BCUT2D eigenvalue weighted by Crippen LogP contribution is 2.11. The van der Waals surface area contributed by atoms with Crippen molar-refractivity contribution >= 4 is 38.9 Å². The molecule has 1 fully saturated rings. The molecule has 1 aliphatic heterocycles. The fourth-order valence-corrected chi connectivity index (χ4v) is 3.34. The van der Waals surface area contributed by atoms with E-state index in [-0.39, 0.29) is 23.0 Å². The highest BCUT2D eigenvalue weighted by molar-refractivity contribution is 7.91. The SMILES string of the molecule is NC(=S)CNC(=O)C(=O)NC1CCCS(=O)(=O)C1. The van der Waals surface area contributed by atoms with Gasteiger partial charge in [-0.1, -0.05) is 12.2 Å². The molecule has 1 unspecified atom stereocenters. The number of carbonyl (C=O) groups is 2. The van der Waals surface area contributed by atoms with Gasteiger partial charge in [0.1, 0.15) is 0 Å². The van der Waals surface area contributed by atoms with Gasteiger partial charge in [0.2, 0.25) is 0 Å². The van der Waals surface area contributed by atoms with Gasteiger partial charge in [0.05, 0.1) is 23.0 Å². The first-order chi connectivity index (χ1) is 8.30. The van der Waals surface area contributed by atoms with Gasteiger partial charge in [0, 0.05) is 6.04 Å². The van der Waals surface area contributed by atoms with Crippen molar-refractivity contribution in [2.75, 3.05) is 18.1 Å². The molecule has 0 spiro atoms. The van der Waals surface area contributed by atoms with Gasteiger partial charge in [0.15, 0.2) is 9.84 Å². The van der Waals surface area contributed by atoms with E-state index in [1.54, 1.807) is 0 Å². The lowest BCUT2D eigenvalue weighted by Crippen LogP contribution is -2.49. The number of hydrogen-bond acceptors (Lipinski definition) is 5. The molecule has 1 atom stereocenters. The quantitative estimate of drug-likeness (QED) is 0.412. The molecule has 1 rings (SSSR count). The van der Waals surface area contributed by atoms with Crippen molar-refractivity contribution in [3.63, 3.8) is 0 Å². The molecule has 2 amide bonds. The van der Waals surface area contributed by atoms with E-state index in [1.165, 1.54) is 0 Å². The third kappa shape index (κ3) is 4.96. The summed E-state index contributed by atoms with van der Waals surface area (Å²) in [4.78, 5) is 22.8. The summed E-state index contributed by atoms with van der Waals surface area (Å²) < 4.78 is 22.7. The van der Waals surface area contributed by atoms with Crippen LogP contribution in [0.4, 0.5) is 0 Å². The summed E-state index contributed by atoms with van der Waals surface area (Å²) in [7, 11) is -3.12. The lowest BCUT2D eigenvalue weighted by Gasteiger charge is -2.22. The van der Waals surface area contributed by atoms with Crippen molar-refractivity contribution in [2.45, 2.75) is 18.9 Å². The zero-order chi connectivity index (χ0) is 13.8. The summed E-state index contributed by atoms with van der Waals surface area (Å²) in [5.41, 5.74) is 5.17. The molecule has 0 bridgehead atoms. The van der Waals surface area contributed by atoms with E-state index in [0.29, 0.717) is 12.8 Å². The summed E-state index contributed by atoms with van der Waals surface area (Å²) in [6.07, 6.45) is 1.04. The van der Waals surface area contributed by atoms with Crippen LogP contribution >= 0.6 is 12.2 Å². The molecule has 0 aromatic rings. The minimum absolute atomic E-state index is 0.0649. The molecule has 0 radical (unpaired) electrons. The standard InChI is InChI=1S/C9H15N3O4S2/c10-7(17)4-11-8(13)9(14)12-6-2-1-3-18(15,16)5-6/h6H,1-5H2,(H2,10,17)(H,11,13)(H,12,14). The molecule has 7 nitrogen and oxygen atoms in total. The number of nitrogens with one attached hydrogen (secondary N) is 2. The Balaban J connectivity index is 2.44. The number of amides is 2. The van der Waals surface area contributed by atoms with Gasteiger partial charge >= 0.3 is 11.8 Å². The molecule has 0 aliphatic carbocycles. The van der Waals surface area contributed by atoms with Crippen LogP contribution in [0.15, 0.2) is 0 Å². The van der Waals surface area contributed by atoms with Crippen LogP contribution in [-0.4, -0.2) is 49.3 Å². The molecule has 102 valence electrons. The summed E-state index contributed by atoms with van der Waals surface area (Å²) >= 11 is 4.54. The van der Waals surface area contributed by atoms with E-state index >= 15 is 0 Å². The Bertz CT molecular complexity index is 460. The topological polar surface area (TPSA) is 118 Å². The fraction of sp³-hybridized carbons (Fsp3) is 0.667. The molecule has 18 heavy (non-hydrogen) atoms. The Morgan fingerprint density at radius 3 is 2.56 bits per heavy atom.